The van der Waals surface area contributed by atoms with E-state index < -0.39 is 18.0 Å². The van der Waals surface area contributed by atoms with Crippen molar-refractivity contribution in [2.75, 3.05) is 33.9 Å². The molecule has 1 aliphatic heterocycles. The summed E-state index contributed by atoms with van der Waals surface area (Å²) in [5.41, 5.74) is 1.54. The van der Waals surface area contributed by atoms with Crippen molar-refractivity contribution < 1.29 is 97.9 Å². The number of ether oxygens (including phenoxy) is 3. The number of rotatable bonds is 7. The zero-order chi connectivity index (χ0) is 26.6. The van der Waals surface area contributed by atoms with Gasteiger partial charge in [0.15, 0.2) is 0 Å². The topological polar surface area (TPSA) is 128 Å². The van der Waals surface area contributed by atoms with Crippen LogP contribution in [0.5, 0.6) is 11.5 Å². The molecule has 0 aliphatic carbocycles. The molecule has 0 saturated carbocycles. The van der Waals surface area contributed by atoms with Gasteiger partial charge in [0.1, 0.15) is 11.5 Å². The van der Waals surface area contributed by atoms with Crippen LogP contribution in [0.1, 0.15) is 51.6 Å². The van der Waals surface area contributed by atoms with Crippen LogP contribution in [0.4, 0.5) is 4.79 Å². The minimum atomic E-state index is -1.50. The summed E-state index contributed by atoms with van der Waals surface area (Å²) >= 11 is 12.7. The molecule has 38 heavy (non-hydrogen) atoms. The first-order valence-electron chi connectivity index (χ1n) is 10.9. The average molecular weight is 582 g/mol. The maximum Gasteiger partial charge on any atom is 1.00 e. The number of hydrogen-bond donors (Lipinski definition) is 0. The van der Waals surface area contributed by atoms with Crippen LogP contribution in [-0.4, -0.2) is 56.8 Å². The molecular formula is C25H23Cl2NNa2O8. The molecule has 3 rings (SSSR count). The molecule has 13 heteroatoms. The number of benzene rings is 2. The van der Waals surface area contributed by atoms with Crippen LogP contribution in [0, 0.1) is 0 Å². The summed E-state index contributed by atoms with van der Waals surface area (Å²) in [6, 6.07) is 5.72. The normalized spacial score (nSPS) is 12.6. The van der Waals surface area contributed by atoms with Crippen LogP contribution in [-0.2, 0) is 4.74 Å². The van der Waals surface area contributed by atoms with E-state index in [4.69, 9.17) is 37.4 Å². The first-order chi connectivity index (χ1) is 17.1. The zero-order valence-electron chi connectivity index (χ0n) is 21.8. The van der Waals surface area contributed by atoms with Crippen LogP contribution in [0.25, 0.3) is 5.57 Å². The number of likely N-dealkylation sites (tertiary alicyclic amines) is 1. The first kappa shape index (κ1) is 34.6. The van der Waals surface area contributed by atoms with Gasteiger partial charge in [-0.05, 0) is 60.7 Å². The second-order valence-corrected chi connectivity index (χ2v) is 8.63. The smallest absolute Gasteiger partial charge is 0.545 e. The molecule has 0 unspecified atom stereocenters. The molecule has 9 nitrogen and oxygen atoms in total. The molecule has 2 aromatic rings. The van der Waals surface area contributed by atoms with Crippen molar-refractivity contribution in [3.05, 3.63) is 62.1 Å². The van der Waals surface area contributed by atoms with Crippen molar-refractivity contribution in [3.63, 3.8) is 0 Å². The number of carboxylic acids is 2. The quantitative estimate of drug-likeness (QED) is 0.313. The Morgan fingerprint density at radius 3 is 1.61 bits per heavy atom. The second-order valence-electron chi connectivity index (χ2n) is 7.82. The number of nitrogens with zero attached hydrogens (tertiary/aromatic N) is 1. The molecule has 0 radical (unpaired) electrons. The number of aromatic carboxylic acids is 2. The van der Waals surface area contributed by atoms with Gasteiger partial charge in [0.25, 0.3) is 0 Å². The minimum Gasteiger partial charge on any atom is -0.545 e. The fraction of sp³-hybridized carbons (Fsp3) is 0.320. The molecule has 1 heterocycles. The maximum atomic E-state index is 12.2. The van der Waals surface area contributed by atoms with Crippen molar-refractivity contribution >= 4 is 46.8 Å². The van der Waals surface area contributed by atoms with Crippen LogP contribution in [0.15, 0.2) is 29.8 Å². The predicted octanol–water partition coefficient (Wildman–Crippen LogP) is -3.20. The monoisotopic (exact) mass is 581 g/mol. The third-order valence-corrected chi connectivity index (χ3v) is 6.32. The number of piperidine rings is 1. The summed E-state index contributed by atoms with van der Waals surface area (Å²) in [5.74, 6) is -3.13. The average Bonchev–Trinajstić information content (AvgIpc) is 2.84. The third kappa shape index (κ3) is 7.61. The van der Waals surface area contributed by atoms with Gasteiger partial charge in [-0.2, -0.15) is 0 Å². The molecular weight excluding hydrogens is 559 g/mol. The van der Waals surface area contributed by atoms with Gasteiger partial charge < -0.3 is 38.9 Å². The molecule has 2 aromatic carbocycles. The molecule has 1 saturated heterocycles. The van der Waals surface area contributed by atoms with E-state index >= 15 is 0 Å². The zero-order valence-corrected chi connectivity index (χ0v) is 27.3. The van der Waals surface area contributed by atoms with Gasteiger partial charge in [-0.15, -0.1) is 0 Å². The Kier molecular flexibility index (Phi) is 14.0. The van der Waals surface area contributed by atoms with Gasteiger partial charge in [-0.1, -0.05) is 28.8 Å². The number of methoxy groups -OCH3 is 2. The summed E-state index contributed by atoms with van der Waals surface area (Å²) in [7, 11) is 2.57. The SMILES string of the molecule is CCOC(=O)N1CCC(=C(c2cc(Cl)c(OC)c(C(=O)[O-])c2)c2cc(Cl)c(OC)c(C(=O)[O-])c2)CC1.[Na+].[Na+]. The fourth-order valence-corrected chi connectivity index (χ4v) is 4.79. The molecule has 0 atom stereocenters. The van der Waals surface area contributed by atoms with Gasteiger partial charge in [-0.3, -0.25) is 0 Å². The predicted molar refractivity (Wildman–Crippen MR) is 129 cm³/mol. The number of halogens is 2. The van der Waals surface area contributed by atoms with Crippen molar-refractivity contribution in [1.82, 2.24) is 4.90 Å². The molecule has 1 amide bonds. The van der Waals surface area contributed by atoms with E-state index in [1.165, 1.54) is 38.5 Å². The Morgan fingerprint density at radius 2 is 1.26 bits per heavy atom. The Bertz CT molecular complexity index is 1170. The minimum absolute atomic E-state index is 0. The third-order valence-electron chi connectivity index (χ3n) is 5.76. The Balaban J connectivity index is 0.00000361. The summed E-state index contributed by atoms with van der Waals surface area (Å²) in [6.45, 7) is 2.64. The van der Waals surface area contributed by atoms with Crippen molar-refractivity contribution in [1.29, 1.82) is 0 Å². The Morgan fingerprint density at radius 1 is 0.842 bits per heavy atom. The number of carboxylic acid groups (broad SMARTS) is 2. The molecule has 0 N–H and O–H groups in total. The van der Waals surface area contributed by atoms with E-state index in [9.17, 15) is 24.6 Å². The number of carbonyl (C=O) groups excluding carboxylic acids is 3. The molecule has 0 aromatic heterocycles. The standard InChI is InChI=1S/C25H25Cl2NO8.2Na/c1-4-36-25(33)28-7-5-13(6-8-28)20(14-9-16(23(29)30)21(34-2)18(26)11-14)15-10-17(24(31)32)22(35-3)19(27)12-15;;/h9-12H,4-8H2,1-3H3,(H,29,30)(H,31,32);;/q;2*+1/p-2. The number of amides is 1. The maximum absolute atomic E-state index is 12.2. The summed E-state index contributed by atoms with van der Waals surface area (Å²) in [6.07, 6.45) is 0.377. The van der Waals surface area contributed by atoms with E-state index in [1.807, 2.05) is 0 Å². The summed E-state index contributed by atoms with van der Waals surface area (Å²) in [4.78, 5) is 37.4. The second kappa shape index (κ2) is 15.4. The van der Waals surface area contributed by atoms with Gasteiger partial charge in [0.05, 0.1) is 42.8 Å². The first-order valence-corrected chi connectivity index (χ1v) is 11.7. The van der Waals surface area contributed by atoms with Crippen LogP contribution in [0.3, 0.4) is 0 Å². The van der Waals surface area contributed by atoms with E-state index in [0.29, 0.717) is 42.6 Å². The summed E-state index contributed by atoms with van der Waals surface area (Å²) in [5, 5.41) is 23.7. The largest absolute Gasteiger partial charge is 1.00 e. The van der Waals surface area contributed by atoms with Crippen molar-refractivity contribution in [2.24, 2.45) is 0 Å². The van der Waals surface area contributed by atoms with Crippen molar-refractivity contribution in [3.8, 4) is 11.5 Å². The van der Waals surface area contributed by atoms with Gasteiger partial charge >= 0.3 is 65.2 Å². The van der Waals surface area contributed by atoms with E-state index in [-0.39, 0.29) is 98.4 Å². The molecule has 1 fully saturated rings. The molecule has 1 aliphatic rings. The fourth-order valence-electron chi connectivity index (χ4n) is 4.19. The van der Waals surface area contributed by atoms with Crippen LogP contribution in [0.2, 0.25) is 10.0 Å². The van der Waals surface area contributed by atoms with Crippen LogP contribution >= 0.6 is 23.2 Å². The van der Waals surface area contributed by atoms with E-state index in [0.717, 1.165) is 5.57 Å². The Labute approximate surface area is 274 Å². The van der Waals surface area contributed by atoms with Gasteiger partial charge in [-0.25, -0.2) is 4.79 Å². The van der Waals surface area contributed by atoms with Gasteiger partial charge in [0.2, 0.25) is 0 Å². The summed E-state index contributed by atoms with van der Waals surface area (Å²) < 4.78 is 15.3. The number of carbonyl (C=O) groups is 3. The van der Waals surface area contributed by atoms with Crippen LogP contribution < -0.4 is 78.8 Å². The van der Waals surface area contributed by atoms with Gasteiger partial charge in [0, 0.05) is 24.2 Å². The molecule has 0 bridgehead atoms. The van der Waals surface area contributed by atoms with E-state index in [2.05, 4.69) is 0 Å². The van der Waals surface area contributed by atoms with E-state index in [1.54, 1.807) is 11.8 Å². The molecule has 192 valence electrons. The molecule has 0 spiro atoms. The Hall–Kier alpha value is -1.43. The van der Waals surface area contributed by atoms with Crippen molar-refractivity contribution in [2.45, 2.75) is 19.8 Å². The number of hydrogen-bond acceptors (Lipinski definition) is 8.